The van der Waals surface area contributed by atoms with Crippen LogP contribution in [0.3, 0.4) is 0 Å². The van der Waals surface area contributed by atoms with Crippen LogP contribution >= 0.6 is 11.6 Å². The van der Waals surface area contributed by atoms with Gasteiger partial charge in [0.25, 0.3) is 0 Å². The van der Waals surface area contributed by atoms with E-state index in [0.29, 0.717) is 22.0 Å². The lowest BCUT2D eigenvalue weighted by Gasteiger charge is -2.32. The van der Waals surface area contributed by atoms with Crippen LogP contribution in [0.25, 0.3) is 0 Å². The number of nitrogens with two attached hydrogens (primary N) is 1. The van der Waals surface area contributed by atoms with Crippen molar-refractivity contribution in [2.45, 2.75) is 38.9 Å². The lowest BCUT2D eigenvalue weighted by molar-refractivity contribution is 0.00578. The van der Waals surface area contributed by atoms with Gasteiger partial charge < -0.3 is 19.8 Å². The lowest BCUT2D eigenvalue weighted by Crippen LogP contribution is -2.41. The third kappa shape index (κ3) is 3.98. The number of rotatable bonds is 4. The van der Waals surface area contributed by atoms with Crippen LogP contribution in [-0.2, 0) is 9.31 Å². The smallest absolute Gasteiger partial charge is 0.494 e. The van der Waals surface area contributed by atoms with Gasteiger partial charge in [-0.15, -0.1) is 0 Å². The highest BCUT2D eigenvalue weighted by Gasteiger charge is 2.51. The number of hydrogen-bond acceptors (Lipinski definition) is 5. The molecule has 0 amide bonds. The summed E-state index contributed by atoms with van der Waals surface area (Å²) in [6.07, 6.45) is 1.67. The second-order valence-electron chi connectivity index (χ2n) is 7.55. The molecular weight excluding hydrogens is 362 g/mol. The zero-order chi connectivity index (χ0) is 19.8. The Bertz CT molecular complexity index is 850. The van der Waals surface area contributed by atoms with Gasteiger partial charge in [0, 0.05) is 17.8 Å². The highest BCUT2D eigenvalue weighted by Crippen LogP contribution is 2.36. The molecular formula is C20H24BClN2O3. The molecule has 2 N–H and O–H groups in total. The van der Waals surface area contributed by atoms with Crippen LogP contribution in [0.2, 0.25) is 5.02 Å². The normalized spacial score (nSPS) is 18.2. The summed E-state index contributed by atoms with van der Waals surface area (Å²) >= 11 is 6.12. The fourth-order valence-electron chi connectivity index (χ4n) is 2.68. The summed E-state index contributed by atoms with van der Waals surface area (Å²) in [5, 5.41) is 0.437. The number of nitrogens with zero attached hydrogens (tertiary/aromatic N) is 1. The minimum atomic E-state index is -0.388. The number of hydrogen-bond donors (Lipinski definition) is 1. The van der Waals surface area contributed by atoms with E-state index in [1.54, 1.807) is 25.5 Å². The summed E-state index contributed by atoms with van der Waals surface area (Å²) in [6, 6.07) is 11.2. The minimum absolute atomic E-state index is 0.363. The second-order valence-corrected chi connectivity index (χ2v) is 7.96. The van der Waals surface area contributed by atoms with E-state index in [-0.39, 0.29) is 18.3 Å². The molecule has 0 unspecified atom stereocenters. The number of nitrogen functional groups attached to an aromatic ring is 1. The van der Waals surface area contributed by atoms with E-state index in [2.05, 4.69) is 4.99 Å². The van der Waals surface area contributed by atoms with Gasteiger partial charge in [-0.1, -0.05) is 23.7 Å². The van der Waals surface area contributed by atoms with Crippen molar-refractivity contribution in [2.75, 3.05) is 12.8 Å². The van der Waals surface area contributed by atoms with Crippen LogP contribution in [0.5, 0.6) is 5.75 Å². The molecule has 0 bridgehead atoms. The molecule has 0 radical (unpaired) electrons. The molecule has 27 heavy (non-hydrogen) atoms. The Morgan fingerprint density at radius 2 is 1.67 bits per heavy atom. The molecule has 0 atom stereocenters. The van der Waals surface area contributed by atoms with Crippen LogP contribution in [0.4, 0.5) is 11.4 Å². The molecule has 0 aliphatic carbocycles. The third-order valence-corrected chi connectivity index (χ3v) is 5.45. The van der Waals surface area contributed by atoms with E-state index < -0.39 is 0 Å². The zero-order valence-corrected chi connectivity index (χ0v) is 17.0. The molecule has 0 spiro atoms. The van der Waals surface area contributed by atoms with Gasteiger partial charge >= 0.3 is 7.12 Å². The maximum atomic E-state index is 6.12. The van der Waals surface area contributed by atoms with Gasteiger partial charge in [-0.3, -0.25) is 4.99 Å². The first-order chi connectivity index (χ1) is 12.6. The standard InChI is InChI=1S/C20H24BClN2O3/c1-19(2)20(3,4)27-21(26-19)14-6-8-15(9-7-14)24-12-13-10-16(25-5)11-17(22)18(13)23/h6-12H,23H2,1-5H3. The van der Waals surface area contributed by atoms with Crippen LogP contribution < -0.4 is 15.9 Å². The SMILES string of the molecule is COc1cc(Cl)c(N)c(C=Nc2ccc(B3OC(C)(C)C(C)(C)O3)cc2)c1. The number of ether oxygens (including phenoxy) is 1. The van der Waals surface area contributed by atoms with Crippen molar-refractivity contribution in [1.29, 1.82) is 0 Å². The van der Waals surface area contributed by atoms with Gasteiger partial charge in [0.05, 0.1) is 34.7 Å². The van der Waals surface area contributed by atoms with Crippen molar-refractivity contribution >= 4 is 41.8 Å². The first-order valence-corrected chi connectivity index (χ1v) is 9.13. The van der Waals surface area contributed by atoms with Crippen LogP contribution in [0.1, 0.15) is 33.3 Å². The summed E-state index contributed by atoms with van der Waals surface area (Å²) in [6.45, 7) is 8.15. The molecule has 3 rings (SSSR count). The van der Waals surface area contributed by atoms with Crippen molar-refractivity contribution in [1.82, 2.24) is 0 Å². The van der Waals surface area contributed by atoms with Crippen molar-refractivity contribution in [3.05, 3.63) is 47.0 Å². The quantitative estimate of drug-likeness (QED) is 0.490. The van der Waals surface area contributed by atoms with E-state index in [1.807, 2.05) is 52.0 Å². The first kappa shape index (κ1) is 19.7. The van der Waals surface area contributed by atoms with E-state index in [1.165, 1.54) is 0 Å². The largest absolute Gasteiger partial charge is 0.497 e. The molecule has 1 aliphatic heterocycles. The first-order valence-electron chi connectivity index (χ1n) is 8.75. The summed E-state index contributed by atoms with van der Waals surface area (Å²) in [5.74, 6) is 0.631. The topological polar surface area (TPSA) is 66.1 Å². The van der Waals surface area contributed by atoms with Gasteiger partial charge in [0.2, 0.25) is 0 Å². The molecule has 1 saturated heterocycles. The van der Waals surface area contributed by atoms with Crippen molar-refractivity contribution in [2.24, 2.45) is 4.99 Å². The Morgan fingerprint density at radius 3 is 2.22 bits per heavy atom. The lowest BCUT2D eigenvalue weighted by atomic mass is 9.79. The number of benzene rings is 2. The predicted molar refractivity (Wildman–Crippen MR) is 112 cm³/mol. The average molecular weight is 387 g/mol. The van der Waals surface area contributed by atoms with Gasteiger partial charge in [0.15, 0.2) is 0 Å². The number of halogens is 1. The predicted octanol–water partition coefficient (Wildman–Crippen LogP) is 3.98. The Hall–Kier alpha value is -2.02. The number of methoxy groups -OCH3 is 1. The molecule has 1 heterocycles. The zero-order valence-electron chi connectivity index (χ0n) is 16.2. The molecule has 0 aromatic heterocycles. The van der Waals surface area contributed by atoms with Gasteiger partial charge in [-0.25, -0.2) is 0 Å². The molecule has 5 nitrogen and oxygen atoms in total. The average Bonchev–Trinajstić information content (AvgIpc) is 2.84. The van der Waals surface area contributed by atoms with Gasteiger partial charge in [-0.2, -0.15) is 0 Å². The van der Waals surface area contributed by atoms with Gasteiger partial charge in [-0.05, 0) is 51.4 Å². The molecule has 142 valence electrons. The summed E-state index contributed by atoms with van der Waals surface area (Å²) in [4.78, 5) is 4.48. The highest BCUT2D eigenvalue weighted by molar-refractivity contribution is 6.62. The Labute approximate surface area is 165 Å². The van der Waals surface area contributed by atoms with E-state index >= 15 is 0 Å². The Kier molecular flexibility index (Phi) is 5.26. The van der Waals surface area contributed by atoms with E-state index in [4.69, 9.17) is 31.4 Å². The number of aliphatic imine (C=N–C) groups is 1. The van der Waals surface area contributed by atoms with E-state index in [9.17, 15) is 0 Å². The summed E-state index contributed by atoms with van der Waals surface area (Å²) in [7, 11) is 1.19. The van der Waals surface area contributed by atoms with Crippen molar-refractivity contribution in [3.63, 3.8) is 0 Å². The van der Waals surface area contributed by atoms with Crippen LogP contribution in [-0.4, -0.2) is 31.6 Å². The van der Waals surface area contributed by atoms with Crippen molar-refractivity contribution in [3.8, 4) is 5.75 Å². The van der Waals surface area contributed by atoms with Crippen LogP contribution in [0.15, 0.2) is 41.4 Å². The maximum absolute atomic E-state index is 6.12. The third-order valence-electron chi connectivity index (χ3n) is 5.14. The Morgan fingerprint density at radius 1 is 1.07 bits per heavy atom. The van der Waals surface area contributed by atoms with E-state index in [0.717, 1.165) is 11.2 Å². The molecule has 0 saturated carbocycles. The fraction of sp³-hybridized carbons (Fsp3) is 0.350. The maximum Gasteiger partial charge on any atom is 0.494 e. The molecule has 1 fully saturated rings. The Balaban J connectivity index is 1.77. The van der Waals surface area contributed by atoms with Crippen molar-refractivity contribution < 1.29 is 14.0 Å². The second kappa shape index (κ2) is 7.19. The molecule has 7 heteroatoms. The fourth-order valence-corrected chi connectivity index (χ4v) is 2.90. The highest BCUT2D eigenvalue weighted by atomic mass is 35.5. The molecule has 2 aromatic rings. The van der Waals surface area contributed by atoms with Gasteiger partial charge in [0.1, 0.15) is 5.75 Å². The summed E-state index contributed by atoms with van der Waals surface area (Å²) < 4.78 is 17.4. The minimum Gasteiger partial charge on any atom is -0.497 e. The monoisotopic (exact) mass is 386 g/mol. The van der Waals surface area contributed by atoms with Crippen LogP contribution in [0, 0.1) is 0 Å². The number of anilines is 1. The molecule has 2 aromatic carbocycles. The molecule has 1 aliphatic rings. The summed E-state index contributed by atoms with van der Waals surface area (Å²) in [5.41, 5.74) is 8.20.